The molecule has 0 radical (unpaired) electrons. The van der Waals surface area contributed by atoms with E-state index in [1.54, 1.807) is 6.26 Å². The van der Waals surface area contributed by atoms with Gasteiger partial charge in [-0.15, -0.1) is 11.8 Å². The van der Waals surface area contributed by atoms with Crippen LogP contribution in [0.25, 0.3) is 0 Å². The van der Waals surface area contributed by atoms with Crippen molar-refractivity contribution in [2.45, 2.75) is 12.8 Å². The van der Waals surface area contributed by atoms with Crippen LogP contribution in [-0.2, 0) is 4.74 Å². The van der Waals surface area contributed by atoms with Crippen LogP contribution in [0.1, 0.15) is 12.8 Å². The fourth-order valence-corrected chi connectivity index (χ4v) is 1.25. The minimum Gasteiger partial charge on any atom is -0.501 e. The highest BCUT2D eigenvalue weighted by atomic mass is 32.2. The third-order valence-electron chi connectivity index (χ3n) is 1.02. The molecule has 0 N–H and O–H groups in total. The minimum atomic E-state index is 0.900. The summed E-state index contributed by atoms with van der Waals surface area (Å²) >= 11 is 1.82. The molecule has 0 unspecified atom stereocenters. The first kappa shape index (κ1) is 6.02. The minimum absolute atomic E-state index is 0.900. The first-order valence-corrected chi connectivity index (χ1v) is 3.93. The lowest BCUT2D eigenvalue weighted by Crippen LogP contribution is -1.90. The summed E-state index contributed by atoms with van der Waals surface area (Å²) in [6, 6.07) is 0. The van der Waals surface area contributed by atoms with Crippen molar-refractivity contribution in [3.8, 4) is 0 Å². The number of rotatable bonds is 0. The molecule has 0 spiro atoms. The second-order valence-corrected chi connectivity index (χ2v) is 2.73. The Morgan fingerprint density at radius 1 is 1.38 bits per heavy atom. The fourth-order valence-electron chi connectivity index (χ4n) is 0.585. The molecule has 46 valence electrons. The van der Waals surface area contributed by atoms with E-state index in [2.05, 4.69) is 0 Å². The topological polar surface area (TPSA) is 9.23 Å². The van der Waals surface area contributed by atoms with Gasteiger partial charge in [-0.3, -0.25) is 0 Å². The summed E-state index contributed by atoms with van der Waals surface area (Å²) in [5, 5.41) is 2.01. The van der Waals surface area contributed by atoms with Crippen molar-refractivity contribution in [3.63, 3.8) is 0 Å². The maximum atomic E-state index is 5.07. The second kappa shape index (κ2) is 3.84. The van der Waals surface area contributed by atoms with Crippen LogP contribution in [0.5, 0.6) is 0 Å². The van der Waals surface area contributed by atoms with Gasteiger partial charge in [-0.05, 0) is 18.6 Å². The third-order valence-corrected chi connectivity index (χ3v) is 1.85. The first-order chi connectivity index (χ1) is 4.00. The average Bonchev–Trinajstić information content (AvgIpc) is 1.62. The molecule has 1 heterocycles. The molecule has 2 heteroatoms. The normalized spacial score (nSPS) is 25.0. The standard InChI is InChI=1S/C6H10OS/c1-2-5-8-6-4-7-3-1/h4,6H,1-3,5H2/b6-4-. The van der Waals surface area contributed by atoms with Gasteiger partial charge in [0.05, 0.1) is 12.9 Å². The summed E-state index contributed by atoms with van der Waals surface area (Å²) in [7, 11) is 0. The van der Waals surface area contributed by atoms with E-state index in [0.29, 0.717) is 0 Å². The Bertz CT molecular complexity index is 70.6. The molecule has 1 aliphatic rings. The van der Waals surface area contributed by atoms with Crippen LogP contribution in [0.3, 0.4) is 0 Å². The molecule has 0 atom stereocenters. The van der Waals surface area contributed by atoms with Gasteiger partial charge in [-0.25, -0.2) is 0 Å². The van der Waals surface area contributed by atoms with E-state index in [-0.39, 0.29) is 0 Å². The Morgan fingerprint density at radius 3 is 3.38 bits per heavy atom. The van der Waals surface area contributed by atoms with Crippen molar-refractivity contribution in [3.05, 3.63) is 11.7 Å². The molecule has 0 aromatic heterocycles. The van der Waals surface area contributed by atoms with E-state index in [9.17, 15) is 0 Å². The Hall–Kier alpha value is -0.110. The van der Waals surface area contributed by atoms with Gasteiger partial charge >= 0.3 is 0 Å². The van der Waals surface area contributed by atoms with Gasteiger partial charge in [0.1, 0.15) is 0 Å². The maximum absolute atomic E-state index is 5.07. The maximum Gasteiger partial charge on any atom is 0.0891 e. The molecule has 1 aliphatic heterocycles. The molecule has 0 aliphatic carbocycles. The quantitative estimate of drug-likeness (QED) is 0.496. The van der Waals surface area contributed by atoms with Crippen molar-refractivity contribution >= 4 is 11.8 Å². The van der Waals surface area contributed by atoms with E-state index in [0.717, 1.165) is 6.61 Å². The van der Waals surface area contributed by atoms with Crippen LogP contribution >= 0.6 is 11.8 Å². The summed E-state index contributed by atoms with van der Waals surface area (Å²) in [6.07, 6.45) is 4.27. The number of hydrogen-bond donors (Lipinski definition) is 0. The molecule has 1 rings (SSSR count). The molecule has 0 saturated carbocycles. The van der Waals surface area contributed by atoms with Crippen LogP contribution in [0.2, 0.25) is 0 Å². The highest BCUT2D eigenvalue weighted by molar-refractivity contribution is 8.02. The van der Waals surface area contributed by atoms with E-state index in [1.807, 2.05) is 17.2 Å². The van der Waals surface area contributed by atoms with Gasteiger partial charge < -0.3 is 4.74 Å². The van der Waals surface area contributed by atoms with Gasteiger partial charge in [-0.2, -0.15) is 0 Å². The molecule has 0 aromatic carbocycles. The van der Waals surface area contributed by atoms with Crippen LogP contribution in [0.15, 0.2) is 11.7 Å². The van der Waals surface area contributed by atoms with Crippen molar-refractivity contribution < 1.29 is 4.74 Å². The highest BCUT2D eigenvalue weighted by Crippen LogP contribution is 2.08. The number of ether oxygens (including phenoxy) is 1. The van der Waals surface area contributed by atoms with E-state index < -0.39 is 0 Å². The zero-order valence-corrected chi connectivity index (χ0v) is 5.62. The second-order valence-electron chi connectivity index (χ2n) is 1.72. The summed E-state index contributed by atoms with van der Waals surface area (Å²) < 4.78 is 5.07. The SMILES string of the molecule is C1=C\SCCCCO/1. The lowest BCUT2D eigenvalue weighted by molar-refractivity contribution is 0.244. The zero-order chi connectivity index (χ0) is 5.66. The number of hydrogen-bond acceptors (Lipinski definition) is 2. The fraction of sp³-hybridized carbons (Fsp3) is 0.667. The molecule has 0 aromatic rings. The monoisotopic (exact) mass is 130 g/mol. The average molecular weight is 130 g/mol. The van der Waals surface area contributed by atoms with Crippen LogP contribution in [-0.4, -0.2) is 12.4 Å². The van der Waals surface area contributed by atoms with Gasteiger partial charge in [0, 0.05) is 5.41 Å². The van der Waals surface area contributed by atoms with E-state index >= 15 is 0 Å². The molecule has 8 heavy (non-hydrogen) atoms. The lowest BCUT2D eigenvalue weighted by atomic mass is 10.4. The molecular weight excluding hydrogens is 120 g/mol. The van der Waals surface area contributed by atoms with E-state index in [1.165, 1.54) is 18.6 Å². The lowest BCUT2D eigenvalue weighted by Gasteiger charge is -2.02. The predicted molar refractivity (Wildman–Crippen MR) is 36.8 cm³/mol. The van der Waals surface area contributed by atoms with Crippen molar-refractivity contribution in [1.82, 2.24) is 0 Å². The Balaban J connectivity index is 2.17. The summed E-state index contributed by atoms with van der Waals surface area (Å²) in [4.78, 5) is 0. The van der Waals surface area contributed by atoms with Gasteiger partial charge in [-0.1, -0.05) is 0 Å². The Kier molecular flexibility index (Phi) is 2.89. The summed E-state index contributed by atoms with van der Waals surface area (Å²) in [6.45, 7) is 0.900. The van der Waals surface area contributed by atoms with Gasteiger partial charge in [0.25, 0.3) is 0 Å². The van der Waals surface area contributed by atoms with Crippen molar-refractivity contribution in [1.29, 1.82) is 0 Å². The molecule has 0 bridgehead atoms. The van der Waals surface area contributed by atoms with Crippen LogP contribution < -0.4 is 0 Å². The molecule has 0 amide bonds. The molecular formula is C6H10OS. The first-order valence-electron chi connectivity index (χ1n) is 2.88. The molecule has 1 nitrogen and oxygen atoms in total. The van der Waals surface area contributed by atoms with E-state index in [4.69, 9.17) is 4.74 Å². The predicted octanol–water partition coefficient (Wildman–Crippen LogP) is 2.00. The zero-order valence-electron chi connectivity index (χ0n) is 4.80. The van der Waals surface area contributed by atoms with Crippen molar-refractivity contribution in [2.24, 2.45) is 0 Å². The number of thioether (sulfide) groups is 1. The van der Waals surface area contributed by atoms with Crippen LogP contribution in [0, 0.1) is 0 Å². The summed E-state index contributed by atoms with van der Waals surface area (Å²) in [5.74, 6) is 1.25. The highest BCUT2D eigenvalue weighted by Gasteiger charge is 1.90. The molecule has 0 saturated heterocycles. The molecule has 0 fully saturated rings. The van der Waals surface area contributed by atoms with Gasteiger partial charge in [0.15, 0.2) is 0 Å². The smallest absolute Gasteiger partial charge is 0.0891 e. The largest absolute Gasteiger partial charge is 0.501 e. The van der Waals surface area contributed by atoms with Crippen LogP contribution in [0.4, 0.5) is 0 Å². The Labute approximate surface area is 54.1 Å². The third kappa shape index (κ3) is 2.26. The summed E-state index contributed by atoms with van der Waals surface area (Å²) in [5.41, 5.74) is 0. The Morgan fingerprint density at radius 2 is 2.38 bits per heavy atom. The van der Waals surface area contributed by atoms with Crippen molar-refractivity contribution in [2.75, 3.05) is 12.4 Å². The van der Waals surface area contributed by atoms with Gasteiger partial charge in [0.2, 0.25) is 0 Å².